The van der Waals surface area contributed by atoms with Crippen LogP contribution in [0.3, 0.4) is 0 Å². The largest absolute Gasteiger partial charge is 0.357 e. The van der Waals surface area contributed by atoms with Crippen molar-refractivity contribution in [1.29, 1.82) is 0 Å². The van der Waals surface area contributed by atoms with E-state index in [-0.39, 0.29) is 0 Å². The van der Waals surface area contributed by atoms with E-state index in [9.17, 15) is 0 Å². The van der Waals surface area contributed by atoms with Crippen molar-refractivity contribution < 1.29 is 0 Å². The van der Waals surface area contributed by atoms with Gasteiger partial charge in [0.1, 0.15) is 0 Å². The lowest BCUT2D eigenvalue weighted by Gasteiger charge is -2.13. The number of allylic oxidation sites excluding steroid dienone is 4. The van der Waals surface area contributed by atoms with Gasteiger partial charge in [-0.1, -0.05) is 24.3 Å². The molecule has 4 nitrogen and oxygen atoms in total. The highest BCUT2D eigenvalue weighted by atomic mass is 14.9. The van der Waals surface area contributed by atoms with E-state index in [2.05, 4.69) is 10.6 Å². The first-order valence-electron chi connectivity index (χ1n) is 8.70. The number of aliphatic imine (C=N–C) groups is 2. The normalized spacial score (nSPS) is 16.9. The third kappa shape index (κ3) is 4.48. The molecule has 2 N–H and O–H groups in total. The van der Waals surface area contributed by atoms with Gasteiger partial charge in [-0.2, -0.15) is 0 Å². The molecule has 132 valence electrons. The highest BCUT2D eigenvalue weighted by molar-refractivity contribution is 5.98. The summed E-state index contributed by atoms with van der Waals surface area (Å²) in [5.41, 5.74) is 7.67. The molecule has 1 aliphatic rings. The van der Waals surface area contributed by atoms with Crippen LogP contribution in [0.2, 0.25) is 0 Å². The Balaban J connectivity index is 2.13. The van der Waals surface area contributed by atoms with Crippen LogP contribution in [-0.2, 0) is 0 Å². The monoisotopic (exact) mass is 344 g/mol. The van der Waals surface area contributed by atoms with Crippen LogP contribution >= 0.6 is 0 Å². The van der Waals surface area contributed by atoms with Gasteiger partial charge in [0.05, 0.1) is 22.7 Å². The maximum Gasteiger partial charge on any atom is 0.0867 e. The minimum atomic E-state index is 0.911. The second kappa shape index (κ2) is 7.83. The van der Waals surface area contributed by atoms with Crippen molar-refractivity contribution in [1.82, 2.24) is 0 Å². The van der Waals surface area contributed by atoms with Gasteiger partial charge in [-0.15, -0.1) is 0 Å². The van der Waals surface area contributed by atoms with E-state index in [1.165, 1.54) is 0 Å². The Morgan fingerprint density at radius 1 is 0.577 bits per heavy atom. The third-order valence-corrected chi connectivity index (χ3v) is 3.92. The van der Waals surface area contributed by atoms with Crippen LogP contribution in [0.25, 0.3) is 0 Å². The molecule has 2 aromatic carbocycles. The molecule has 0 saturated heterocycles. The molecule has 1 aliphatic heterocycles. The minimum absolute atomic E-state index is 0.911. The highest BCUT2D eigenvalue weighted by Crippen LogP contribution is 2.28. The molecule has 0 bridgehead atoms. The van der Waals surface area contributed by atoms with Gasteiger partial charge in [-0.3, -0.25) is 9.98 Å². The average molecular weight is 344 g/mol. The van der Waals surface area contributed by atoms with Crippen molar-refractivity contribution in [3.05, 3.63) is 72.1 Å². The Bertz CT molecular complexity index is 855. The summed E-state index contributed by atoms with van der Waals surface area (Å²) in [4.78, 5) is 9.54. The molecular weight excluding hydrogens is 320 g/mol. The molecule has 1 heterocycles. The standard InChI is InChI=1S/C22H24N4/c1-15-13-16(2)24-21-11-7-8-12-22(21)26-18(4)14-17(3)25-20-10-6-5-9-19(20)23-15/h5-14,23,26H,1-4H3/b15-13-,18-14?,24-16?,25-17?. The van der Waals surface area contributed by atoms with E-state index in [1.807, 2.05) is 88.4 Å². The zero-order valence-corrected chi connectivity index (χ0v) is 15.7. The van der Waals surface area contributed by atoms with Gasteiger partial charge in [0.25, 0.3) is 0 Å². The summed E-state index contributed by atoms with van der Waals surface area (Å²) in [6.45, 7) is 8.08. The molecular formula is C22H24N4. The fourth-order valence-electron chi connectivity index (χ4n) is 2.92. The summed E-state index contributed by atoms with van der Waals surface area (Å²) in [6.07, 6.45) is 4.08. The molecule has 0 saturated carbocycles. The van der Waals surface area contributed by atoms with Crippen molar-refractivity contribution >= 4 is 34.2 Å². The van der Waals surface area contributed by atoms with Crippen LogP contribution in [0.5, 0.6) is 0 Å². The number of fused-ring (bicyclic) bond motifs is 2. The second-order valence-corrected chi connectivity index (χ2v) is 6.45. The lowest BCUT2D eigenvalue weighted by atomic mass is 10.2. The van der Waals surface area contributed by atoms with Crippen LogP contribution in [0.1, 0.15) is 27.7 Å². The van der Waals surface area contributed by atoms with Crippen LogP contribution in [0.4, 0.5) is 22.7 Å². The molecule has 0 fully saturated rings. The van der Waals surface area contributed by atoms with Gasteiger partial charge in [-0.25, -0.2) is 0 Å². The Morgan fingerprint density at radius 2 is 0.962 bits per heavy atom. The Hall–Kier alpha value is -3.14. The van der Waals surface area contributed by atoms with Gasteiger partial charge in [0.2, 0.25) is 0 Å². The predicted molar refractivity (Wildman–Crippen MR) is 113 cm³/mol. The van der Waals surface area contributed by atoms with Crippen molar-refractivity contribution in [3.63, 3.8) is 0 Å². The zero-order valence-electron chi connectivity index (χ0n) is 15.7. The predicted octanol–water partition coefficient (Wildman–Crippen LogP) is 6.22. The molecule has 0 radical (unpaired) electrons. The number of nitrogens with one attached hydrogen (secondary N) is 2. The van der Waals surface area contributed by atoms with E-state index >= 15 is 0 Å². The Labute approximate surface area is 155 Å². The molecule has 3 rings (SSSR count). The second-order valence-electron chi connectivity index (χ2n) is 6.45. The Kier molecular flexibility index (Phi) is 5.32. The van der Waals surface area contributed by atoms with Crippen molar-refractivity contribution in [2.24, 2.45) is 9.98 Å². The maximum absolute atomic E-state index is 4.77. The molecule has 0 amide bonds. The number of benzene rings is 2. The van der Waals surface area contributed by atoms with Crippen molar-refractivity contribution in [3.8, 4) is 0 Å². The molecule has 0 atom stereocenters. The maximum atomic E-state index is 4.77. The topological polar surface area (TPSA) is 48.8 Å². The highest BCUT2D eigenvalue weighted by Gasteiger charge is 2.05. The SMILES string of the molecule is CC1=CC(C)=Nc2ccccc2N/C(C)=C\C(C)=Nc2ccccc2N1. The molecule has 0 aromatic heterocycles. The molecule has 0 aliphatic carbocycles. The molecule has 0 unspecified atom stereocenters. The summed E-state index contributed by atoms with van der Waals surface area (Å²) in [5, 5.41) is 6.87. The lowest BCUT2D eigenvalue weighted by molar-refractivity contribution is 1.34. The lowest BCUT2D eigenvalue weighted by Crippen LogP contribution is -2.02. The number of anilines is 2. The number of para-hydroxylation sites is 4. The summed E-state index contributed by atoms with van der Waals surface area (Å²) in [7, 11) is 0. The van der Waals surface area contributed by atoms with Crippen molar-refractivity contribution in [2.45, 2.75) is 27.7 Å². The van der Waals surface area contributed by atoms with Crippen LogP contribution in [-0.4, -0.2) is 11.4 Å². The van der Waals surface area contributed by atoms with Crippen LogP contribution in [0, 0.1) is 0 Å². The summed E-state index contributed by atoms with van der Waals surface area (Å²) >= 11 is 0. The summed E-state index contributed by atoms with van der Waals surface area (Å²) in [5.74, 6) is 0. The van der Waals surface area contributed by atoms with Gasteiger partial charge in [0.15, 0.2) is 0 Å². The van der Waals surface area contributed by atoms with Gasteiger partial charge in [-0.05, 0) is 64.1 Å². The van der Waals surface area contributed by atoms with Gasteiger partial charge >= 0.3 is 0 Å². The first kappa shape index (κ1) is 17.7. The zero-order chi connectivity index (χ0) is 18.5. The van der Waals surface area contributed by atoms with E-state index in [0.29, 0.717) is 0 Å². The fourth-order valence-corrected chi connectivity index (χ4v) is 2.92. The molecule has 2 aromatic rings. The number of hydrogen-bond donors (Lipinski definition) is 2. The molecule has 0 spiro atoms. The minimum Gasteiger partial charge on any atom is -0.357 e. The van der Waals surface area contributed by atoms with Gasteiger partial charge < -0.3 is 10.6 Å². The number of hydrogen-bond acceptors (Lipinski definition) is 4. The van der Waals surface area contributed by atoms with E-state index in [4.69, 9.17) is 9.98 Å². The number of rotatable bonds is 0. The number of nitrogens with zero attached hydrogens (tertiary/aromatic N) is 2. The smallest absolute Gasteiger partial charge is 0.0867 e. The Morgan fingerprint density at radius 3 is 1.38 bits per heavy atom. The van der Waals surface area contributed by atoms with Gasteiger partial charge in [0, 0.05) is 22.8 Å². The summed E-state index contributed by atoms with van der Waals surface area (Å²) < 4.78 is 0. The van der Waals surface area contributed by atoms with Crippen molar-refractivity contribution in [2.75, 3.05) is 10.6 Å². The first-order valence-corrected chi connectivity index (χ1v) is 8.70. The van der Waals surface area contributed by atoms with Crippen LogP contribution < -0.4 is 10.6 Å². The van der Waals surface area contributed by atoms with Crippen LogP contribution in [0.15, 0.2) is 82.1 Å². The molecule has 26 heavy (non-hydrogen) atoms. The fraction of sp³-hybridized carbons (Fsp3) is 0.182. The summed E-state index contributed by atoms with van der Waals surface area (Å²) in [6, 6.07) is 16.1. The molecule has 4 heteroatoms. The van der Waals surface area contributed by atoms with E-state index < -0.39 is 0 Å². The van der Waals surface area contributed by atoms with E-state index in [1.54, 1.807) is 0 Å². The quantitative estimate of drug-likeness (QED) is 0.596. The third-order valence-electron chi connectivity index (χ3n) is 3.92. The van der Waals surface area contributed by atoms with E-state index in [0.717, 1.165) is 45.6 Å². The average Bonchev–Trinajstić information content (AvgIpc) is 2.57. The first-order chi connectivity index (χ1) is 12.5.